The summed E-state index contributed by atoms with van der Waals surface area (Å²) in [5.74, 6) is -0.856. The Morgan fingerprint density at radius 2 is 1.88 bits per heavy atom. The first-order valence-electron chi connectivity index (χ1n) is 8.26. The normalized spacial score (nSPS) is 21.2. The Kier molecular flexibility index (Phi) is 5.37. The van der Waals surface area contributed by atoms with Crippen LogP contribution in [0.1, 0.15) is 45.6 Å². The summed E-state index contributed by atoms with van der Waals surface area (Å²) in [5, 5.41) is 0. The topological polar surface area (TPSA) is 60.4 Å². The Labute approximate surface area is 142 Å². The minimum absolute atomic E-state index is 0.135. The summed E-state index contributed by atoms with van der Waals surface area (Å²) in [5.41, 5.74) is -1.08. The summed E-state index contributed by atoms with van der Waals surface area (Å²) in [7, 11) is 0. The van der Waals surface area contributed by atoms with Crippen molar-refractivity contribution in [2.75, 3.05) is 0 Å². The van der Waals surface area contributed by atoms with E-state index in [1.54, 1.807) is 20.8 Å². The molecule has 1 atom stereocenters. The van der Waals surface area contributed by atoms with E-state index >= 15 is 0 Å². The van der Waals surface area contributed by atoms with Crippen LogP contribution in [0.4, 0.5) is 0 Å². The molecule has 1 fully saturated rings. The van der Waals surface area contributed by atoms with Crippen molar-refractivity contribution in [1.29, 1.82) is 0 Å². The van der Waals surface area contributed by atoms with Crippen LogP contribution in [0, 0.1) is 5.41 Å². The third-order valence-electron chi connectivity index (χ3n) is 4.01. The molecule has 1 aromatic carbocycles. The van der Waals surface area contributed by atoms with Crippen LogP contribution in [0.2, 0.25) is 0 Å². The summed E-state index contributed by atoms with van der Waals surface area (Å²) in [6.07, 6.45) is 4.44. The maximum Gasteiger partial charge on any atom is 0.324 e. The standard InChI is InChI=1S/C20H24O4/c1-19(2,3)24-18(23)20(12-7-10-17(20)22)13-11-16(21)14-15-8-5-4-6-9-15/h4-6,8-9,11,13H,7,10,12,14H2,1-3H3/b13-11-/t20-/m0/s1. The van der Waals surface area contributed by atoms with Crippen molar-refractivity contribution < 1.29 is 19.1 Å². The van der Waals surface area contributed by atoms with Crippen LogP contribution < -0.4 is 0 Å². The Balaban J connectivity index is 2.16. The number of benzene rings is 1. The lowest BCUT2D eigenvalue weighted by Gasteiger charge is -2.27. The smallest absolute Gasteiger partial charge is 0.324 e. The Bertz CT molecular complexity index is 652. The number of ether oxygens (including phenoxy) is 1. The third kappa shape index (κ3) is 4.40. The molecule has 0 radical (unpaired) electrons. The SMILES string of the molecule is CC(C)(C)OC(=O)[C@]1(/C=C\C(=O)Cc2ccccc2)CCCC1=O. The van der Waals surface area contributed by atoms with Gasteiger partial charge in [-0.05, 0) is 45.3 Å². The minimum Gasteiger partial charge on any atom is -0.459 e. The monoisotopic (exact) mass is 328 g/mol. The number of hydrogen-bond acceptors (Lipinski definition) is 4. The second-order valence-electron chi connectivity index (χ2n) is 7.21. The summed E-state index contributed by atoms with van der Waals surface area (Å²) in [4.78, 5) is 37.1. The molecule has 0 aromatic heterocycles. The first-order chi connectivity index (χ1) is 11.2. The van der Waals surface area contributed by atoms with Crippen LogP contribution >= 0.6 is 0 Å². The first kappa shape index (κ1) is 18.1. The predicted molar refractivity (Wildman–Crippen MR) is 91.4 cm³/mol. The lowest BCUT2D eigenvalue weighted by molar-refractivity contribution is -0.166. The summed E-state index contributed by atoms with van der Waals surface area (Å²) in [6, 6.07) is 9.37. The molecule has 0 N–H and O–H groups in total. The van der Waals surface area contributed by atoms with Crippen molar-refractivity contribution in [2.45, 2.75) is 52.1 Å². The van der Waals surface area contributed by atoms with E-state index in [0.29, 0.717) is 19.3 Å². The molecule has 1 aliphatic carbocycles. The molecule has 4 heteroatoms. The Hall–Kier alpha value is -2.23. The summed E-state index contributed by atoms with van der Waals surface area (Å²) >= 11 is 0. The molecule has 0 aliphatic heterocycles. The van der Waals surface area contributed by atoms with Gasteiger partial charge >= 0.3 is 5.97 Å². The number of allylic oxidation sites excluding steroid dienone is 1. The molecular weight excluding hydrogens is 304 g/mol. The van der Waals surface area contributed by atoms with Crippen molar-refractivity contribution in [2.24, 2.45) is 5.41 Å². The highest BCUT2D eigenvalue weighted by Gasteiger charge is 2.49. The van der Waals surface area contributed by atoms with Gasteiger partial charge in [0, 0.05) is 12.8 Å². The summed E-state index contributed by atoms with van der Waals surface area (Å²) in [6.45, 7) is 5.30. The van der Waals surface area contributed by atoms with E-state index in [2.05, 4.69) is 0 Å². The fourth-order valence-electron chi connectivity index (χ4n) is 2.81. The zero-order chi connectivity index (χ0) is 17.8. The van der Waals surface area contributed by atoms with E-state index in [9.17, 15) is 14.4 Å². The molecule has 0 amide bonds. The highest BCUT2D eigenvalue weighted by Crippen LogP contribution is 2.38. The van der Waals surface area contributed by atoms with Crippen molar-refractivity contribution in [3.8, 4) is 0 Å². The van der Waals surface area contributed by atoms with Crippen LogP contribution in [-0.4, -0.2) is 23.1 Å². The Morgan fingerprint density at radius 3 is 2.42 bits per heavy atom. The van der Waals surface area contributed by atoms with Gasteiger partial charge in [-0.2, -0.15) is 0 Å². The zero-order valence-corrected chi connectivity index (χ0v) is 14.5. The van der Waals surface area contributed by atoms with Crippen LogP contribution in [0.15, 0.2) is 42.5 Å². The molecule has 0 spiro atoms. The molecule has 1 saturated carbocycles. The average molecular weight is 328 g/mol. The highest BCUT2D eigenvalue weighted by atomic mass is 16.6. The molecule has 24 heavy (non-hydrogen) atoms. The number of hydrogen-bond donors (Lipinski definition) is 0. The van der Waals surface area contributed by atoms with Crippen LogP contribution in [-0.2, 0) is 25.5 Å². The fraction of sp³-hybridized carbons (Fsp3) is 0.450. The van der Waals surface area contributed by atoms with Gasteiger partial charge in [0.25, 0.3) is 0 Å². The van der Waals surface area contributed by atoms with Crippen LogP contribution in [0.3, 0.4) is 0 Å². The van der Waals surface area contributed by atoms with Gasteiger partial charge in [0.05, 0.1) is 0 Å². The molecule has 4 nitrogen and oxygen atoms in total. The maximum atomic E-state index is 12.6. The van der Waals surface area contributed by atoms with E-state index in [0.717, 1.165) is 5.56 Å². The molecule has 2 rings (SSSR count). The van der Waals surface area contributed by atoms with E-state index < -0.39 is 17.0 Å². The molecule has 0 saturated heterocycles. The van der Waals surface area contributed by atoms with Crippen molar-refractivity contribution >= 4 is 17.5 Å². The number of esters is 1. The van der Waals surface area contributed by atoms with Crippen LogP contribution in [0.25, 0.3) is 0 Å². The number of carbonyl (C=O) groups excluding carboxylic acids is 3. The largest absolute Gasteiger partial charge is 0.459 e. The van der Waals surface area contributed by atoms with Gasteiger partial charge in [0.2, 0.25) is 0 Å². The minimum atomic E-state index is -1.31. The summed E-state index contributed by atoms with van der Waals surface area (Å²) < 4.78 is 5.42. The van der Waals surface area contributed by atoms with Crippen LogP contribution in [0.5, 0.6) is 0 Å². The van der Waals surface area contributed by atoms with Gasteiger partial charge in [-0.25, -0.2) is 0 Å². The van der Waals surface area contributed by atoms with E-state index in [-0.39, 0.29) is 18.0 Å². The number of Topliss-reactive ketones (excluding diaryl/α,β-unsaturated/α-hetero) is 1. The van der Waals surface area contributed by atoms with Gasteiger partial charge in [-0.3, -0.25) is 14.4 Å². The number of rotatable bonds is 5. The number of ketones is 2. The average Bonchev–Trinajstić information content (AvgIpc) is 2.87. The van der Waals surface area contributed by atoms with Gasteiger partial charge in [-0.15, -0.1) is 0 Å². The zero-order valence-electron chi connectivity index (χ0n) is 14.5. The molecule has 1 aromatic rings. The lowest BCUT2D eigenvalue weighted by Crippen LogP contribution is -2.39. The van der Waals surface area contributed by atoms with Gasteiger partial charge < -0.3 is 4.74 Å². The predicted octanol–water partition coefficient (Wildman–Crippen LogP) is 3.44. The fourth-order valence-corrected chi connectivity index (χ4v) is 2.81. The van der Waals surface area contributed by atoms with Gasteiger partial charge in [0.1, 0.15) is 11.0 Å². The second kappa shape index (κ2) is 7.12. The third-order valence-corrected chi connectivity index (χ3v) is 4.01. The maximum absolute atomic E-state index is 12.6. The highest BCUT2D eigenvalue weighted by molar-refractivity contribution is 6.08. The first-order valence-corrected chi connectivity index (χ1v) is 8.26. The molecule has 0 unspecified atom stereocenters. The van der Waals surface area contributed by atoms with E-state index in [4.69, 9.17) is 4.74 Å². The molecule has 1 aliphatic rings. The van der Waals surface area contributed by atoms with Crippen molar-refractivity contribution in [3.05, 3.63) is 48.0 Å². The lowest BCUT2D eigenvalue weighted by atomic mass is 9.84. The molecule has 0 heterocycles. The second-order valence-corrected chi connectivity index (χ2v) is 7.21. The number of carbonyl (C=O) groups is 3. The molecule has 0 bridgehead atoms. The van der Waals surface area contributed by atoms with Crippen molar-refractivity contribution in [3.63, 3.8) is 0 Å². The molecular formula is C20H24O4. The van der Waals surface area contributed by atoms with E-state index in [1.807, 2.05) is 30.3 Å². The van der Waals surface area contributed by atoms with Gasteiger partial charge in [0.15, 0.2) is 11.6 Å². The van der Waals surface area contributed by atoms with Crippen molar-refractivity contribution in [1.82, 2.24) is 0 Å². The van der Waals surface area contributed by atoms with E-state index in [1.165, 1.54) is 12.2 Å². The Morgan fingerprint density at radius 1 is 1.21 bits per heavy atom. The van der Waals surface area contributed by atoms with Gasteiger partial charge in [-0.1, -0.05) is 36.4 Å². The molecule has 128 valence electrons. The quantitative estimate of drug-likeness (QED) is 0.472.